The molecule has 0 radical (unpaired) electrons. The average Bonchev–Trinajstić information content (AvgIpc) is 2.80. The van der Waals surface area contributed by atoms with Gasteiger partial charge in [0.2, 0.25) is 0 Å². The van der Waals surface area contributed by atoms with Crippen molar-refractivity contribution in [1.29, 1.82) is 0 Å². The van der Waals surface area contributed by atoms with Crippen molar-refractivity contribution in [2.24, 2.45) is 40.9 Å². The SMILES string of the molecule is CCC(C)(C1CCC(O)C(C2CCCCC2)C1)C1CCC(O)C(C2CCCCC2)C1. The van der Waals surface area contributed by atoms with Gasteiger partial charge in [0, 0.05) is 0 Å². The lowest BCUT2D eigenvalue weighted by Crippen LogP contribution is -2.46. The summed E-state index contributed by atoms with van der Waals surface area (Å²) in [4.78, 5) is 0. The van der Waals surface area contributed by atoms with E-state index in [1.165, 1.54) is 96.3 Å². The lowest BCUT2D eigenvalue weighted by molar-refractivity contribution is -0.0727. The molecule has 0 aromatic carbocycles. The summed E-state index contributed by atoms with van der Waals surface area (Å²) in [5.41, 5.74) is 0.389. The Bertz CT molecular complexity index is 477. The molecule has 2 heteroatoms. The summed E-state index contributed by atoms with van der Waals surface area (Å²) >= 11 is 0. The number of aliphatic hydroxyl groups excluding tert-OH is 2. The summed E-state index contributed by atoms with van der Waals surface area (Å²) in [6.45, 7) is 5.04. The van der Waals surface area contributed by atoms with Gasteiger partial charge in [0.1, 0.15) is 0 Å². The van der Waals surface area contributed by atoms with Crippen molar-refractivity contribution in [1.82, 2.24) is 0 Å². The summed E-state index contributed by atoms with van der Waals surface area (Å²) in [7, 11) is 0. The molecule has 0 aromatic heterocycles. The Morgan fingerprint density at radius 2 is 1.00 bits per heavy atom. The van der Waals surface area contributed by atoms with Crippen molar-refractivity contribution in [3.63, 3.8) is 0 Å². The van der Waals surface area contributed by atoms with Crippen molar-refractivity contribution in [2.75, 3.05) is 0 Å². The maximum Gasteiger partial charge on any atom is 0.0571 e. The molecule has 4 aliphatic carbocycles. The van der Waals surface area contributed by atoms with E-state index >= 15 is 0 Å². The van der Waals surface area contributed by atoms with Crippen molar-refractivity contribution >= 4 is 0 Å². The van der Waals surface area contributed by atoms with Crippen LogP contribution in [0, 0.1) is 40.9 Å². The first kappa shape index (κ1) is 23.1. The summed E-state index contributed by atoms with van der Waals surface area (Å²) in [5, 5.41) is 21.8. The zero-order valence-corrected chi connectivity index (χ0v) is 20.0. The first-order valence-electron chi connectivity index (χ1n) is 13.9. The van der Waals surface area contributed by atoms with Crippen LogP contribution in [0.2, 0.25) is 0 Å². The van der Waals surface area contributed by atoms with Gasteiger partial charge in [-0.2, -0.15) is 0 Å². The summed E-state index contributed by atoms with van der Waals surface area (Å²) < 4.78 is 0. The molecule has 2 nitrogen and oxygen atoms in total. The number of hydrogen-bond acceptors (Lipinski definition) is 2. The highest BCUT2D eigenvalue weighted by Gasteiger charge is 2.48. The van der Waals surface area contributed by atoms with E-state index in [1.807, 2.05) is 0 Å². The van der Waals surface area contributed by atoms with Crippen molar-refractivity contribution in [3.05, 3.63) is 0 Å². The fraction of sp³-hybridized carbons (Fsp3) is 1.00. The van der Waals surface area contributed by atoms with Gasteiger partial charge in [-0.05, 0) is 79.4 Å². The zero-order chi connectivity index (χ0) is 21.1. The molecule has 0 heterocycles. The lowest BCUT2D eigenvalue weighted by Gasteiger charge is -2.52. The molecule has 30 heavy (non-hydrogen) atoms. The Morgan fingerprint density at radius 1 is 0.600 bits per heavy atom. The molecular formula is C28H50O2. The molecule has 4 fully saturated rings. The van der Waals surface area contributed by atoms with Crippen molar-refractivity contribution in [3.8, 4) is 0 Å². The normalized spacial score (nSPS) is 42.0. The maximum absolute atomic E-state index is 10.9. The molecule has 6 unspecified atom stereocenters. The minimum Gasteiger partial charge on any atom is -0.393 e. The molecule has 0 amide bonds. The van der Waals surface area contributed by atoms with Crippen LogP contribution in [0.1, 0.15) is 123 Å². The fourth-order valence-electron chi connectivity index (χ4n) is 8.63. The van der Waals surface area contributed by atoms with Gasteiger partial charge in [-0.25, -0.2) is 0 Å². The summed E-state index contributed by atoms with van der Waals surface area (Å²) in [6.07, 6.45) is 22.0. The largest absolute Gasteiger partial charge is 0.393 e. The standard InChI is InChI=1S/C28H50O2/c1-3-28(2,22-14-16-26(29)24(18-22)20-10-6-4-7-11-20)23-15-17-27(30)25(19-23)21-12-8-5-9-13-21/h20-27,29-30H,3-19H2,1-2H3. The van der Waals surface area contributed by atoms with E-state index in [1.54, 1.807) is 0 Å². The second-order valence-electron chi connectivity index (χ2n) is 12.1. The molecule has 174 valence electrons. The Kier molecular flexibility index (Phi) is 7.88. The van der Waals surface area contributed by atoms with Gasteiger partial charge in [0.05, 0.1) is 12.2 Å². The predicted molar refractivity (Wildman–Crippen MR) is 125 cm³/mol. The van der Waals surface area contributed by atoms with Crippen molar-refractivity contribution < 1.29 is 10.2 Å². The fourth-order valence-corrected chi connectivity index (χ4v) is 8.63. The number of aliphatic hydroxyl groups is 2. The molecule has 6 atom stereocenters. The van der Waals surface area contributed by atoms with Crippen LogP contribution in [-0.4, -0.2) is 22.4 Å². The molecule has 0 spiro atoms. The molecule has 0 bridgehead atoms. The first-order valence-corrected chi connectivity index (χ1v) is 13.9. The monoisotopic (exact) mass is 418 g/mol. The highest BCUT2D eigenvalue weighted by atomic mass is 16.3. The van der Waals surface area contributed by atoms with Crippen LogP contribution in [0.15, 0.2) is 0 Å². The van der Waals surface area contributed by atoms with Gasteiger partial charge in [-0.1, -0.05) is 84.5 Å². The van der Waals surface area contributed by atoms with Crippen molar-refractivity contribution in [2.45, 2.75) is 135 Å². The number of hydrogen-bond donors (Lipinski definition) is 2. The molecule has 4 saturated carbocycles. The summed E-state index contributed by atoms with van der Waals surface area (Å²) in [6, 6.07) is 0. The third kappa shape index (κ3) is 4.80. The van der Waals surface area contributed by atoms with Crippen LogP contribution in [-0.2, 0) is 0 Å². The third-order valence-electron chi connectivity index (χ3n) is 10.9. The van der Waals surface area contributed by atoms with Crippen LogP contribution < -0.4 is 0 Å². The van der Waals surface area contributed by atoms with Gasteiger partial charge >= 0.3 is 0 Å². The van der Waals surface area contributed by atoms with E-state index < -0.39 is 0 Å². The van der Waals surface area contributed by atoms with E-state index in [9.17, 15) is 10.2 Å². The third-order valence-corrected chi connectivity index (χ3v) is 10.9. The van der Waals surface area contributed by atoms with E-state index in [4.69, 9.17) is 0 Å². The first-order chi connectivity index (χ1) is 14.5. The summed E-state index contributed by atoms with van der Waals surface area (Å²) in [5.74, 6) is 4.20. The Hall–Kier alpha value is -0.0800. The molecule has 2 N–H and O–H groups in total. The molecule has 4 rings (SSSR count). The highest BCUT2D eigenvalue weighted by molar-refractivity contribution is 4.98. The molecule has 0 saturated heterocycles. The minimum atomic E-state index is -0.0476. The van der Waals surface area contributed by atoms with E-state index in [0.717, 1.165) is 36.5 Å². The molecule has 0 aromatic rings. The van der Waals surface area contributed by atoms with Gasteiger partial charge in [0.25, 0.3) is 0 Å². The molecule has 4 aliphatic rings. The van der Waals surface area contributed by atoms with E-state index in [-0.39, 0.29) is 12.2 Å². The van der Waals surface area contributed by atoms with E-state index in [0.29, 0.717) is 17.3 Å². The van der Waals surface area contributed by atoms with Gasteiger partial charge in [-0.15, -0.1) is 0 Å². The quantitative estimate of drug-likeness (QED) is 0.499. The van der Waals surface area contributed by atoms with E-state index in [2.05, 4.69) is 13.8 Å². The van der Waals surface area contributed by atoms with Gasteiger partial charge in [-0.3, -0.25) is 0 Å². The maximum atomic E-state index is 10.9. The molecular weight excluding hydrogens is 368 g/mol. The second-order valence-corrected chi connectivity index (χ2v) is 12.1. The second kappa shape index (κ2) is 10.2. The minimum absolute atomic E-state index is 0.0476. The van der Waals surface area contributed by atoms with Crippen LogP contribution in [0.5, 0.6) is 0 Å². The Balaban J connectivity index is 1.46. The zero-order valence-electron chi connectivity index (χ0n) is 20.0. The Morgan fingerprint density at radius 3 is 1.37 bits per heavy atom. The smallest absolute Gasteiger partial charge is 0.0571 e. The lowest BCUT2D eigenvalue weighted by atomic mass is 9.53. The van der Waals surface area contributed by atoms with Crippen LogP contribution in [0.4, 0.5) is 0 Å². The van der Waals surface area contributed by atoms with Gasteiger partial charge in [0.15, 0.2) is 0 Å². The average molecular weight is 419 g/mol. The highest BCUT2D eigenvalue weighted by Crippen LogP contribution is 2.55. The molecule has 0 aliphatic heterocycles. The van der Waals surface area contributed by atoms with Crippen LogP contribution >= 0.6 is 0 Å². The topological polar surface area (TPSA) is 40.5 Å². The predicted octanol–water partition coefficient (Wildman–Crippen LogP) is 7.12. The Labute approximate surface area is 186 Å². The van der Waals surface area contributed by atoms with Crippen LogP contribution in [0.3, 0.4) is 0 Å². The van der Waals surface area contributed by atoms with Crippen LogP contribution in [0.25, 0.3) is 0 Å². The van der Waals surface area contributed by atoms with Gasteiger partial charge < -0.3 is 10.2 Å². The number of rotatable bonds is 5.